The number of rotatable bonds is 7. The predicted octanol–water partition coefficient (Wildman–Crippen LogP) is 0.808. The van der Waals surface area contributed by atoms with Crippen molar-refractivity contribution >= 4 is 28.9 Å². The molecule has 0 aliphatic heterocycles. The first kappa shape index (κ1) is 14.4. The van der Waals surface area contributed by atoms with Gasteiger partial charge in [-0.1, -0.05) is 25.6 Å². The number of carbonyl (C=O) groups excluding carboxylic acids is 1. The highest BCUT2D eigenvalue weighted by Gasteiger charge is 2.11. The fraction of sp³-hybridized carbons (Fsp3) is 0.417. The number of unbranched alkanes of at least 4 members (excludes halogenated alkanes) is 1. The van der Waals surface area contributed by atoms with Gasteiger partial charge in [0.1, 0.15) is 10.8 Å². The first-order valence-electron chi connectivity index (χ1n) is 5.83. The SMILES string of the molecule is CCCCN(CC(N)=O)c1cc(C(N)=S)ccn1. The molecule has 98 valence electrons. The molecule has 0 aromatic carbocycles. The van der Waals surface area contributed by atoms with Crippen molar-refractivity contribution in [3.05, 3.63) is 23.9 Å². The molecule has 6 heteroatoms. The van der Waals surface area contributed by atoms with Gasteiger partial charge in [-0.2, -0.15) is 0 Å². The lowest BCUT2D eigenvalue weighted by Gasteiger charge is -2.22. The largest absolute Gasteiger partial charge is 0.389 e. The van der Waals surface area contributed by atoms with Crippen molar-refractivity contribution in [3.8, 4) is 0 Å². The minimum absolute atomic E-state index is 0.147. The van der Waals surface area contributed by atoms with Gasteiger partial charge >= 0.3 is 0 Å². The van der Waals surface area contributed by atoms with E-state index in [1.807, 2.05) is 4.90 Å². The molecule has 4 N–H and O–H groups in total. The van der Waals surface area contributed by atoms with E-state index in [-0.39, 0.29) is 12.5 Å². The standard InChI is InChI=1S/C12H18N4OS/c1-2-3-6-16(8-10(13)17)11-7-9(12(14)18)4-5-15-11/h4-5,7H,2-3,6,8H2,1H3,(H2,13,17)(H2,14,18). The summed E-state index contributed by atoms with van der Waals surface area (Å²) in [5.74, 6) is 0.293. The molecule has 5 nitrogen and oxygen atoms in total. The second-order valence-electron chi connectivity index (χ2n) is 4.01. The third kappa shape index (κ3) is 4.29. The summed E-state index contributed by atoms with van der Waals surface area (Å²) in [6.07, 6.45) is 3.63. The summed E-state index contributed by atoms with van der Waals surface area (Å²) in [6, 6.07) is 3.52. The maximum atomic E-state index is 11.1. The van der Waals surface area contributed by atoms with Gasteiger partial charge in [0.05, 0.1) is 6.54 Å². The van der Waals surface area contributed by atoms with Gasteiger partial charge in [-0.25, -0.2) is 4.98 Å². The zero-order valence-corrected chi connectivity index (χ0v) is 11.2. The molecule has 1 rings (SSSR count). The van der Waals surface area contributed by atoms with Gasteiger partial charge in [0.2, 0.25) is 5.91 Å². The number of nitrogens with zero attached hydrogens (tertiary/aromatic N) is 2. The van der Waals surface area contributed by atoms with Crippen LogP contribution in [-0.4, -0.2) is 29.0 Å². The average molecular weight is 266 g/mol. The van der Waals surface area contributed by atoms with Crippen LogP contribution in [0.3, 0.4) is 0 Å². The van der Waals surface area contributed by atoms with E-state index in [2.05, 4.69) is 11.9 Å². The zero-order chi connectivity index (χ0) is 13.5. The van der Waals surface area contributed by atoms with Gasteiger partial charge in [0.25, 0.3) is 0 Å². The maximum Gasteiger partial charge on any atom is 0.236 e. The van der Waals surface area contributed by atoms with Crippen molar-refractivity contribution in [2.75, 3.05) is 18.0 Å². The molecule has 0 bridgehead atoms. The third-order valence-electron chi connectivity index (χ3n) is 2.48. The van der Waals surface area contributed by atoms with Crippen LogP contribution in [0, 0.1) is 0 Å². The van der Waals surface area contributed by atoms with E-state index in [1.54, 1.807) is 18.3 Å². The van der Waals surface area contributed by atoms with Crippen LogP contribution in [0.4, 0.5) is 5.82 Å². The van der Waals surface area contributed by atoms with Crippen LogP contribution in [0.15, 0.2) is 18.3 Å². The van der Waals surface area contributed by atoms with Crippen molar-refractivity contribution in [2.24, 2.45) is 11.5 Å². The summed E-state index contributed by atoms with van der Waals surface area (Å²) >= 11 is 4.92. The highest BCUT2D eigenvalue weighted by atomic mass is 32.1. The van der Waals surface area contributed by atoms with Gasteiger partial charge in [-0.15, -0.1) is 0 Å². The molecular weight excluding hydrogens is 248 g/mol. The molecule has 1 amide bonds. The van der Waals surface area contributed by atoms with E-state index in [0.717, 1.165) is 24.9 Å². The second kappa shape index (κ2) is 6.90. The fourth-order valence-corrected chi connectivity index (χ4v) is 1.68. The molecule has 0 spiro atoms. The topological polar surface area (TPSA) is 85.2 Å². The van der Waals surface area contributed by atoms with Crippen LogP contribution < -0.4 is 16.4 Å². The van der Waals surface area contributed by atoms with Gasteiger partial charge in [-0.3, -0.25) is 4.79 Å². The molecule has 18 heavy (non-hydrogen) atoms. The van der Waals surface area contributed by atoms with E-state index in [1.165, 1.54) is 0 Å². The number of pyridine rings is 1. The first-order chi connectivity index (χ1) is 8.54. The van der Waals surface area contributed by atoms with Crippen LogP contribution in [0.25, 0.3) is 0 Å². The smallest absolute Gasteiger partial charge is 0.236 e. The summed E-state index contributed by atoms with van der Waals surface area (Å²) in [7, 11) is 0. The van der Waals surface area contributed by atoms with Crippen molar-refractivity contribution < 1.29 is 4.79 Å². The molecule has 1 aromatic heterocycles. The van der Waals surface area contributed by atoms with Gasteiger partial charge < -0.3 is 16.4 Å². The molecule has 0 unspecified atom stereocenters. The summed E-state index contributed by atoms with van der Waals surface area (Å²) in [5, 5.41) is 0. The van der Waals surface area contributed by atoms with Gasteiger partial charge in [0, 0.05) is 18.3 Å². The van der Waals surface area contributed by atoms with E-state index in [9.17, 15) is 4.79 Å². The minimum atomic E-state index is -0.381. The monoisotopic (exact) mass is 266 g/mol. The lowest BCUT2D eigenvalue weighted by atomic mass is 10.2. The second-order valence-corrected chi connectivity index (χ2v) is 4.45. The Morgan fingerprint density at radius 3 is 2.78 bits per heavy atom. The van der Waals surface area contributed by atoms with E-state index in [0.29, 0.717) is 10.8 Å². The predicted molar refractivity (Wildman–Crippen MR) is 76.4 cm³/mol. The van der Waals surface area contributed by atoms with Crippen LogP contribution in [0.1, 0.15) is 25.3 Å². The molecular formula is C12H18N4OS. The third-order valence-corrected chi connectivity index (χ3v) is 2.72. The zero-order valence-electron chi connectivity index (χ0n) is 10.4. The van der Waals surface area contributed by atoms with E-state index < -0.39 is 0 Å². The van der Waals surface area contributed by atoms with E-state index in [4.69, 9.17) is 23.7 Å². The molecule has 1 aromatic rings. The Kier molecular flexibility index (Phi) is 5.51. The maximum absolute atomic E-state index is 11.1. The van der Waals surface area contributed by atoms with Crippen molar-refractivity contribution in [1.29, 1.82) is 0 Å². The lowest BCUT2D eigenvalue weighted by Crippen LogP contribution is -2.35. The van der Waals surface area contributed by atoms with Crippen molar-refractivity contribution in [3.63, 3.8) is 0 Å². The molecule has 0 saturated heterocycles. The van der Waals surface area contributed by atoms with Crippen molar-refractivity contribution in [2.45, 2.75) is 19.8 Å². The fourth-order valence-electron chi connectivity index (χ4n) is 1.56. The summed E-state index contributed by atoms with van der Waals surface area (Å²) in [6.45, 7) is 2.96. The Labute approximate surface area is 112 Å². The first-order valence-corrected chi connectivity index (χ1v) is 6.24. The molecule has 1 heterocycles. The number of amides is 1. The van der Waals surface area contributed by atoms with Gasteiger partial charge in [-0.05, 0) is 18.6 Å². The van der Waals surface area contributed by atoms with Crippen LogP contribution in [0.5, 0.6) is 0 Å². The Morgan fingerprint density at radius 1 is 1.50 bits per heavy atom. The number of thiocarbonyl (C=S) groups is 1. The Hall–Kier alpha value is -1.69. The Balaban J connectivity index is 2.92. The number of primary amides is 1. The number of nitrogens with two attached hydrogens (primary N) is 2. The Bertz CT molecular complexity index is 436. The highest BCUT2D eigenvalue weighted by molar-refractivity contribution is 7.80. The average Bonchev–Trinajstić information content (AvgIpc) is 2.34. The number of anilines is 1. The summed E-state index contributed by atoms with van der Waals surface area (Å²) in [4.78, 5) is 17.5. The van der Waals surface area contributed by atoms with Crippen molar-refractivity contribution in [1.82, 2.24) is 4.98 Å². The summed E-state index contributed by atoms with van der Waals surface area (Å²) < 4.78 is 0. The van der Waals surface area contributed by atoms with Crippen LogP contribution in [-0.2, 0) is 4.79 Å². The number of hydrogen-bond acceptors (Lipinski definition) is 4. The quantitative estimate of drug-likeness (QED) is 0.713. The minimum Gasteiger partial charge on any atom is -0.389 e. The van der Waals surface area contributed by atoms with E-state index >= 15 is 0 Å². The lowest BCUT2D eigenvalue weighted by molar-refractivity contribution is -0.116. The molecule has 0 aliphatic rings. The summed E-state index contributed by atoms with van der Waals surface area (Å²) in [5.41, 5.74) is 11.6. The normalized spacial score (nSPS) is 10.1. The number of hydrogen-bond donors (Lipinski definition) is 2. The molecule has 0 fully saturated rings. The molecule has 0 aliphatic carbocycles. The highest BCUT2D eigenvalue weighted by Crippen LogP contribution is 2.13. The molecule has 0 atom stereocenters. The Morgan fingerprint density at radius 2 is 2.22 bits per heavy atom. The van der Waals surface area contributed by atoms with Gasteiger partial charge in [0.15, 0.2) is 0 Å². The number of aromatic nitrogens is 1. The molecule has 0 saturated carbocycles. The number of carbonyl (C=O) groups is 1. The van der Waals surface area contributed by atoms with Crippen LogP contribution >= 0.6 is 12.2 Å². The molecule has 0 radical (unpaired) electrons. The van der Waals surface area contributed by atoms with Crippen LogP contribution in [0.2, 0.25) is 0 Å².